The number of nitriles is 1. The van der Waals surface area contributed by atoms with Gasteiger partial charge in [-0.15, -0.1) is 0 Å². The van der Waals surface area contributed by atoms with Gasteiger partial charge in [-0.1, -0.05) is 6.92 Å². The highest BCUT2D eigenvalue weighted by molar-refractivity contribution is 5.07. The number of hydrogen-bond donors (Lipinski definition) is 4. The van der Waals surface area contributed by atoms with Crippen LogP contribution in [0, 0.1) is 16.7 Å². The van der Waals surface area contributed by atoms with Crippen molar-refractivity contribution >= 4 is 0 Å². The zero-order chi connectivity index (χ0) is 13.2. The maximum atomic E-state index is 9.85. The summed E-state index contributed by atoms with van der Waals surface area (Å²) in [5, 5.41) is 47.2. The SMILES string of the molecule is CC[C@](C)(C#N)[C@@H]1O[C@H](CO)[C@@H](O)[C@H](O)[C@H]1O. The molecule has 1 rings (SSSR count). The molecule has 0 radical (unpaired) electrons. The number of hydrogen-bond acceptors (Lipinski definition) is 6. The molecule has 0 bridgehead atoms. The molecular weight excluding hydrogens is 226 g/mol. The summed E-state index contributed by atoms with van der Waals surface area (Å²) in [6.07, 6.45) is -5.63. The van der Waals surface area contributed by atoms with Crippen molar-refractivity contribution < 1.29 is 25.2 Å². The largest absolute Gasteiger partial charge is 0.394 e. The first-order chi connectivity index (χ1) is 7.91. The predicted octanol–water partition coefficient (Wildman–Crippen LogP) is -1.23. The number of aliphatic hydroxyl groups excluding tert-OH is 4. The molecule has 6 nitrogen and oxygen atoms in total. The van der Waals surface area contributed by atoms with Gasteiger partial charge in [-0.25, -0.2) is 0 Å². The van der Waals surface area contributed by atoms with Gasteiger partial charge in [-0.2, -0.15) is 5.26 Å². The maximum Gasteiger partial charge on any atom is 0.111 e. The lowest BCUT2D eigenvalue weighted by Crippen LogP contribution is -2.62. The first kappa shape index (κ1) is 14.4. The van der Waals surface area contributed by atoms with Crippen molar-refractivity contribution in [3.8, 4) is 6.07 Å². The van der Waals surface area contributed by atoms with E-state index in [-0.39, 0.29) is 0 Å². The zero-order valence-corrected chi connectivity index (χ0v) is 9.95. The molecule has 0 unspecified atom stereocenters. The van der Waals surface area contributed by atoms with Crippen LogP contribution in [0.3, 0.4) is 0 Å². The molecular formula is C11H19NO5. The highest BCUT2D eigenvalue weighted by atomic mass is 16.5. The highest BCUT2D eigenvalue weighted by Crippen LogP contribution is 2.35. The van der Waals surface area contributed by atoms with E-state index in [4.69, 9.17) is 15.1 Å². The van der Waals surface area contributed by atoms with E-state index in [9.17, 15) is 15.3 Å². The van der Waals surface area contributed by atoms with E-state index >= 15 is 0 Å². The molecule has 6 heteroatoms. The van der Waals surface area contributed by atoms with Crippen molar-refractivity contribution in [2.75, 3.05) is 6.61 Å². The quantitative estimate of drug-likeness (QED) is 0.495. The first-order valence-electron chi connectivity index (χ1n) is 5.63. The Labute approximate surface area is 100 Å². The number of aliphatic hydroxyl groups is 4. The van der Waals surface area contributed by atoms with E-state index in [1.165, 1.54) is 0 Å². The van der Waals surface area contributed by atoms with E-state index < -0.39 is 42.5 Å². The standard InChI is InChI=1S/C11H19NO5/c1-3-11(2,5-12)10-9(16)8(15)7(14)6(4-13)17-10/h6-10,13-16H,3-4H2,1-2H3/t6-,7-,8+,9-,10-,11-/m1/s1. The third kappa shape index (κ3) is 2.44. The molecule has 1 aliphatic rings. The van der Waals surface area contributed by atoms with Crippen molar-refractivity contribution in [3.05, 3.63) is 0 Å². The molecule has 1 fully saturated rings. The number of nitrogens with zero attached hydrogens (tertiary/aromatic N) is 1. The Morgan fingerprint density at radius 1 is 1.24 bits per heavy atom. The molecule has 4 N–H and O–H groups in total. The Hall–Kier alpha value is -0.710. The summed E-state index contributed by atoms with van der Waals surface area (Å²) in [5.74, 6) is 0. The van der Waals surface area contributed by atoms with Crippen LogP contribution < -0.4 is 0 Å². The molecule has 0 aliphatic carbocycles. The Kier molecular flexibility index (Phi) is 4.47. The molecule has 1 saturated heterocycles. The summed E-state index contributed by atoms with van der Waals surface area (Å²) in [7, 11) is 0. The molecule has 0 amide bonds. The Bertz CT molecular complexity index is 303. The Balaban J connectivity index is 2.97. The molecule has 17 heavy (non-hydrogen) atoms. The van der Waals surface area contributed by atoms with Gasteiger partial charge in [0.25, 0.3) is 0 Å². The van der Waals surface area contributed by atoms with Gasteiger partial charge in [0, 0.05) is 0 Å². The summed E-state index contributed by atoms with van der Waals surface area (Å²) in [5.41, 5.74) is -0.978. The van der Waals surface area contributed by atoms with Crippen molar-refractivity contribution in [1.82, 2.24) is 0 Å². The van der Waals surface area contributed by atoms with Gasteiger partial charge < -0.3 is 25.2 Å². The van der Waals surface area contributed by atoms with Gasteiger partial charge in [-0.3, -0.25) is 0 Å². The van der Waals surface area contributed by atoms with Crippen LogP contribution in [-0.2, 0) is 4.74 Å². The van der Waals surface area contributed by atoms with Gasteiger partial charge in [0.05, 0.1) is 18.1 Å². The fourth-order valence-electron chi connectivity index (χ4n) is 1.97. The van der Waals surface area contributed by atoms with Crippen molar-refractivity contribution in [1.29, 1.82) is 5.26 Å². The van der Waals surface area contributed by atoms with Crippen LogP contribution in [0.4, 0.5) is 0 Å². The summed E-state index contributed by atoms with van der Waals surface area (Å²) in [6.45, 7) is 2.90. The zero-order valence-electron chi connectivity index (χ0n) is 9.95. The lowest BCUT2D eigenvalue weighted by atomic mass is 9.76. The van der Waals surface area contributed by atoms with Crippen molar-refractivity contribution in [3.63, 3.8) is 0 Å². The Morgan fingerprint density at radius 2 is 1.82 bits per heavy atom. The van der Waals surface area contributed by atoms with Gasteiger partial charge >= 0.3 is 0 Å². The smallest absolute Gasteiger partial charge is 0.111 e. The molecule has 0 aromatic rings. The van der Waals surface area contributed by atoms with Gasteiger partial charge in [0.2, 0.25) is 0 Å². The second kappa shape index (κ2) is 5.29. The molecule has 0 spiro atoms. The fraction of sp³-hybridized carbons (Fsp3) is 0.909. The fourth-order valence-corrected chi connectivity index (χ4v) is 1.97. The third-order valence-electron chi connectivity index (χ3n) is 3.51. The topological polar surface area (TPSA) is 114 Å². The molecule has 6 atom stereocenters. The monoisotopic (exact) mass is 245 g/mol. The lowest BCUT2D eigenvalue weighted by Gasteiger charge is -2.45. The van der Waals surface area contributed by atoms with Crippen LogP contribution in [0.5, 0.6) is 0 Å². The lowest BCUT2D eigenvalue weighted by molar-refractivity contribution is -0.248. The molecule has 0 aromatic heterocycles. The highest BCUT2D eigenvalue weighted by Gasteiger charge is 2.50. The van der Waals surface area contributed by atoms with Gasteiger partial charge in [-0.05, 0) is 13.3 Å². The number of rotatable bonds is 3. The summed E-state index contributed by atoms with van der Waals surface area (Å²) in [6, 6.07) is 2.05. The predicted molar refractivity (Wildman–Crippen MR) is 57.8 cm³/mol. The molecule has 1 heterocycles. The minimum Gasteiger partial charge on any atom is -0.394 e. The average molecular weight is 245 g/mol. The maximum absolute atomic E-state index is 9.85. The first-order valence-corrected chi connectivity index (χ1v) is 5.63. The summed E-state index contributed by atoms with van der Waals surface area (Å²) in [4.78, 5) is 0. The molecule has 98 valence electrons. The summed E-state index contributed by atoms with van der Waals surface area (Å²) < 4.78 is 5.34. The van der Waals surface area contributed by atoms with Crippen molar-refractivity contribution in [2.24, 2.45) is 5.41 Å². The van der Waals surface area contributed by atoms with Gasteiger partial charge in [0.15, 0.2) is 0 Å². The third-order valence-corrected chi connectivity index (χ3v) is 3.51. The second-order valence-electron chi connectivity index (χ2n) is 4.63. The number of ether oxygens (including phenoxy) is 1. The van der Waals surface area contributed by atoms with Crippen molar-refractivity contribution in [2.45, 2.75) is 50.8 Å². The second-order valence-corrected chi connectivity index (χ2v) is 4.63. The molecule has 0 saturated carbocycles. The van der Waals surface area contributed by atoms with E-state index in [2.05, 4.69) is 0 Å². The van der Waals surface area contributed by atoms with E-state index in [1.54, 1.807) is 13.8 Å². The van der Waals surface area contributed by atoms with E-state index in [0.29, 0.717) is 6.42 Å². The minimum atomic E-state index is -1.43. The minimum absolute atomic E-state index is 0.423. The van der Waals surface area contributed by atoms with Crippen LogP contribution in [-0.4, -0.2) is 57.6 Å². The van der Waals surface area contributed by atoms with Gasteiger partial charge in [0.1, 0.15) is 30.5 Å². The van der Waals surface area contributed by atoms with Crippen LogP contribution in [0.25, 0.3) is 0 Å². The average Bonchev–Trinajstić information content (AvgIpc) is 2.35. The molecule has 0 aromatic carbocycles. The van der Waals surface area contributed by atoms with E-state index in [1.807, 2.05) is 6.07 Å². The summed E-state index contributed by atoms with van der Waals surface area (Å²) >= 11 is 0. The molecule has 1 aliphatic heterocycles. The Morgan fingerprint density at radius 3 is 2.24 bits per heavy atom. The normalized spacial score (nSPS) is 41.6. The van der Waals surface area contributed by atoms with E-state index in [0.717, 1.165) is 0 Å². The van der Waals surface area contributed by atoms with Crippen LogP contribution in [0.1, 0.15) is 20.3 Å². The van der Waals surface area contributed by atoms with Crippen LogP contribution >= 0.6 is 0 Å². The van der Waals surface area contributed by atoms with Crippen LogP contribution in [0.2, 0.25) is 0 Å². The van der Waals surface area contributed by atoms with Crippen LogP contribution in [0.15, 0.2) is 0 Å².